The number of rotatable bonds is 10. The number of sulfonamides is 1. The summed E-state index contributed by atoms with van der Waals surface area (Å²) in [5.41, 5.74) is 2.26. The summed E-state index contributed by atoms with van der Waals surface area (Å²) in [5.74, 6) is -0.192. The fourth-order valence-corrected chi connectivity index (χ4v) is 6.21. The van der Waals surface area contributed by atoms with Crippen molar-refractivity contribution in [1.29, 1.82) is 5.26 Å². The predicted molar refractivity (Wildman–Crippen MR) is 149 cm³/mol. The molecule has 0 unspecified atom stereocenters. The quantitative estimate of drug-likeness (QED) is 0.233. The van der Waals surface area contributed by atoms with Crippen LogP contribution in [-0.2, 0) is 19.6 Å². The second kappa shape index (κ2) is 12.8. The van der Waals surface area contributed by atoms with Crippen LogP contribution in [0.5, 0.6) is 0 Å². The summed E-state index contributed by atoms with van der Waals surface area (Å²) >= 11 is 0. The van der Waals surface area contributed by atoms with Crippen LogP contribution in [0.2, 0.25) is 0 Å². The second-order valence-electron chi connectivity index (χ2n) is 9.62. The minimum absolute atomic E-state index is 0.0765. The van der Waals surface area contributed by atoms with Gasteiger partial charge in [0.2, 0.25) is 10.0 Å². The van der Waals surface area contributed by atoms with Gasteiger partial charge in [0.15, 0.2) is 0 Å². The maximum Gasteiger partial charge on any atom is 0.261 e. The summed E-state index contributed by atoms with van der Waals surface area (Å²) in [6, 6.07) is 18.1. The number of nitriles is 1. The molecule has 1 aliphatic rings. The van der Waals surface area contributed by atoms with Gasteiger partial charge in [0.25, 0.3) is 5.91 Å². The number of benzene rings is 2. The van der Waals surface area contributed by atoms with Gasteiger partial charge in [0.1, 0.15) is 17.3 Å². The van der Waals surface area contributed by atoms with Crippen molar-refractivity contribution in [3.63, 3.8) is 0 Å². The summed E-state index contributed by atoms with van der Waals surface area (Å²) in [7, 11) is -2.10. The average molecular weight is 548 g/mol. The first kappa shape index (κ1) is 28.2. The van der Waals surface area contributed by atoms with Crippen LogP contribution in [-0.4, -0.2) is 61.8 Å². The van der Waals surface area contributed by atoms with Crippen LogP contribution in [0.4, 0.5) is 0 Å². The molecule has 2 aromatic carbocycles. The lowest BCUT2D eigenvalue weighted by Crippen LogP contribution is -2.39. The Morgan fingerprint density at radius 1 is 1.23 bits per heavy atom. The largest absolute Gasteiger partial charge is 0.385 e. The van der Waals surface area contributed by atoms with E-state index in [0.717, 1.165) is 18.5 Å². The first-order valence-electron chi connectivity index (χ1n) is 13.0. The minimum atomic E-state index is -3.68. The van der Waals surface area contributed by atoms with Crippen LogP contribution in [0, 0.1) is 17.2 Å². The minimum Gasteiger partial charge on any atom is -0.385 e. The molecule has 1 amide bonds. The highest BCUT2D eigenvalue weighted by Gasteiger charge is 2.29. The Morgan fingerprint density at radius 3 is 2.74 bits per heavy atom. The molecule has 0 radical (unpaired) electrons. The zero-order chi connectivity index (χ0) is 27.8. The monoisotopic (exact) mass is 547 g/mol. The number of nitrogens with zero attached hydrogens (tertiary/aromatic N) is 4. The Balaban J connectivity index is 1.74. The lowest BCUT2D eigenvalue weighted by molar-refractivity contribution is -0.117. The Morgan fingerprint density at radius 2 is 2.03 bits per heavy atom. The molecule has 2 heterocycles. The number of hydrogen-bond acceptors (Lipinski definition) is 6. The van der Waals surface area contributed by atoms with E-state index in [2.05, 4.69) is 12.2 Å². The van der Waals surface area contributed by atoms with Gasteiger partial charge in [-0.05, 0) is 55.5 Å². The third-order valence-corrected chi connectivity index (χ3v) is 8.47. The van der Waals surface area contributed by atoms with E-state index < -0.39 is 15.9 Å². The Labute approximate surface area is 229 Å². The summed E-state index contributed by atoms with van der Waals surface area (Å²) in [6.45, 7) is 3.92. The molecular formula is C29H33N5O4S. The van der Waals surface area contributed by atoms with Crippen LogP contribution in [0.25, 0.3) is 23.0 Å². The first-order valence-corrected chi connectivity index (χ1v) is 14.4. The molecule has 10 heteroatoms. The third kappa shape index (κ3) is 6.81. The van der Waals surface area contributed by atoms with Gasteiger partial charge in [-0.3, -0.25) is 4.79 Å². The molecule has 1 aromatic heterocycles. The van der Waals surface area contributed by atoms with Crippen LogP contribution >= 0.6 is 0 Å². The average Bonchev–Trinajstić information content (AvgIpc) is 3.38. The summed E-state index contributed by atoms with van der Waals surface area (Å²) in [4.78, 5) is 12.9. The molecule has 1 aliphatic heterocycles. The standard InChI is InChI=1S/C29H33N5O4S/c1-22-9-7-15-33(20-22)39(36,37)27-13-6-10-23(18-27)28-25(21-34(32-28)26-11-4-3-5-12-26)17-24(19-30)29(35)31-14-8-16-38-2/h3-6,10-13,17-18,21-22H,7-9,14-16,20H2,1-2H3,(H,31,35)/b24-17+/t22-/m0/s1. The Kier molecular flexibility index (Phi) is 9.30. The molecule has 0 spiro atoms. The molecule has 1 atom stereocenters. The predicted octanol–water partition coefficient (Wildman–Crippen LogP) is 4.02. The first-order chi connectivity index (χ1) is 18.8. The van der Waals surface area contributed by atoms with E-state index in [0.29, 0.717) is 55.4 Å². The molecule has 1 N–H and O–H groups in total. The number of para-hydroxylation sites is 1. The van der Waals surface area contributed by atoms with Crippen LogP contribution in [0.1, 0.15) is 31.7 Å². The Hall–Kier alpha value is -3.78. The molecule has 204 valence electrons. The van der Waals surface area contributed by atoms with E-state index >= 15 is 0 Å². The number of ether oxygens (including phenoxy) is 1. The van der Waals surface area contributed by atoms with Crippen LogP contribution in [0.15, 0.2) is 71.3 Å². The van der Waals surface area contributed by atoms with Gasteiger partial charge >= 0.3 is 0 Å². The summed E-state index contributed by atoms with van der Waals surface area (Å²) in [6.07, 6.45) is 5.69. The fourth-order valence-electron chi connectivity index (χ4n) is 4.57. The molecule has 39 heavy (non-hydrogen) atoms. The van der Waals surface area contributed by atoms with E-state index in [9.17, 15) is 18.5 Å². The molecular weight excluding hydrogens is 514 g/mol. The zero-order valence-corrected chi connectivity index (χ0v) is 23.0. The maximum atomic E-state index is 13.5. The third-order valence-electron chi connectivity index (χ3n) is 6.60. The normalized spacial score (nSPS) is 16.5. The number of carbonyl (C=O) groups is 1. The Bertz CT molecular complexity index is 1470. The fraction of sp³-hybridized carbons (Fsp3) is 0.345. The highest BCUT2D eigenvalue weighted by atomic mass is 32.2. The van der Waals surface area contributed by atoms with E-state index in [1.807, 2.05) is 36.4 Å². The summed E-state index contributed by atoms with van der Waals surface area (Å²) < 4.78 is 35.1. The number of carbonyl (C=O) groups excluding carboxylic acids is 1. The lowest BCUT2D eigenvalue weighted by Gasteiger charge is -2.30. The molecule has 9 nitrogen and oxygen atoms in total. The second-order valence-corrected chi connectivity index (χ2v) is 11.6. The van der Waals surface area contributed by atoms with Crippen molar-refractivity contribution in [2.24, 2.45) is 5.92 Å². The van der Waals surface area contributed by atoms with Crippen molar-refractivity contribution in [3.05, 3.63) is 71.9 Å². The zero-order valence-electron chi connectivity index (χ0n) is 22.2. The number of aromatic nitrogens is 2. The SMILES string of the molecule is COCCCNC(=O)/C(C#N)=C/c1cn(-c2ccccc2)nc1-c1cccc(S(=O)(=O)N2CCC[C@H](C)C2)c1. The molecule has 1 saturated heterocycles. The number of nitrogens with one attached hydrogen (secondary N) is 1. The lowest BCUT2D eigenvalue weighted by atomic mass is 10.0. The van der Waals surface area contributed by atoms with Crippen molar-refractivity contribution in [1.82, 2.24) is 19.4 Å². The van der Waals surface area contributed by atoms with Gasteiger partial charge in [-0.2, -0.15) is 14.7 Å². The highest BCUT2D eigenvalue weighted by Crippen LogP contribution is 2.30. The number of hydrogen-bond donors (Lipinski definition) is 1. The van der Waals surface area contributed by atoms with Crippen molar-refractivity contribution >= 4 is 22.0 Å². The van der Waals surface area contributed by atoms with E-state index in [1.54, 1.807) is 46.6 Å². The molecule has 1 fully saturated rings. The molecule has 3 aromatic rings. The highest BCUT2D eigenvalue weighted by molar-refractivity contribution is 7.89. The van der Waals surface area contributed by atoms with Gasteiger partial charge in [-0.15, -0.1) is 0 Å². The van der Waals surface area contributed by atoms with E-state index in [1.165, 1.54) is 6.08 Å². The maximum absolute atomic E-state index is 13.5. The van der Waals surface area contributed by atoms with Crippen molar-refractivity contribution in [2.45, 2.75) is 31.1 Å². The van der Waals surface area contributed by atoms with Gasteiger partial charge < -0.3 is 10.1 Å². The number of amides is 1. The van der Waals surface area contributed by atoms with Gasteiger partial charge in [-0.25, -0.2) is 13.1 Å². The molecule has 0 aliphatic carbocycles. The molecule has 0 bridgehead atoms. The molecule has 4 rings (SSSR count). The molecule has 0 saturated carbocycles. The van der Waals surface area contributed by atoms with Gasteiger partial charge in [0, 0.05) is 50.7 Å². The van der Waals surface area contributed by atoms with Crippen molar-refractivity contribution in [3.8, 4) is 23.0 Å². The van der Waals surface area contributed by atoms with E-state index in [4.69, 9.17) is 9.84 Å². The topological polar surface area (TPSA) is 117 Å². The summed E-state index contributed by atoms with van der Waals surface area (Å²) in [5, 5.41) is 17.2. The van der Waals surface area contributed by atoms with E-state index in [-0.39, 0.29) is 10.5 Å². The van der Waals surface area contributed by atoms with Crippen LogP contribution < -0.4 is 5.32 Å². The van der Waals surface area contributed by atoms with Crippen molar-refractivity contribution < 1.29 is 17.9 Å². The number of piperidine rings is 1. The van der Waals surface area contributed by atoms with Crippen molar-refractivity contribution in [2.75, 3.05) is 33.4 Å². The van der Waals surface area contributed by atoms with Crippen LogP contribution in [0.3, 0.4) is 0 Å². The van der Waals surface area contributed by atoms with Gasteiger partial charge in [0.05, 0.1) is 10.6 Å². The van der Waals surface area contributed by atoms with Gasteiger partial charge in [-0.1, -0.05) is 37.3 Å². The number of methoxy groups -OCH3 is 1. The smallest absolute Gasteiger partial charge is 0.261 e.